The van der Waals surface area contributed by atoms with Crippen LogP contribution >= 0.6 is 11.3 Å². The summed E-state index contributed by atoms with van der Waals surface area (Å²) in [6.07, 6.45) is 4.68. The molecule has 0 N–H and O–H groups in total. The van der Waals surface area contributed by atoms with E-state index >= 15 is 0 Å². The maximum Gasteiger partial charge on any atom is 0.270 e. The van der Waals surface area contributed by atoms with Crippen molar-refractivity contribution in [2.24, 2.45) is 5.92 Å². The lowest BCUT2D eigenvalue weighted by atomic mass is 10.1. The molecule has 0 aromatic carbocycles. The molecule has 120 valence electrons. The van der Waals surface area contributed by atoms with Crippen molar-refractivity contribution in [2.75, 3.05) is 19.6 Å². The highest BCUT2D eigenvalue weighted by molar-refractivity contribution is 7.09. The topological polar surface area (TPSA) is 28.5 Å². The minimum atomic E-state index is 0.237. The highest BCUT2D eigenvalue weighted by Crippen LogP contribution is 2.38. The Labute approximate surface area is 140 Å². The van der Waals surface area contributed by atoms with Crippen LogP contribution in [0.1, 0.15) is 34.2 Å². The zero-order valence-electron chi connectivity index (χ0n) is 13.1. The van der Waals surface area contributed by atoms with Crippen molar-refractivity contribution in [3.8, 4) is 0 Å². The number of carbonyl (C=O) groups excluding carboxylic acids is 1. The number of thiophene rings is 1. The van der Waals surface area contributed by atoms with E-state index in [4.69, 9.17) is 0 Å². The van der Waals surface area contributed by atoms with Crippen LogP contribution in [0.5, 0.6) is 0 Å². The van der Waals surface area contributed by atoms with Crippen LogP contribution in [-0.4, -0.2) is 46.0 Å². The van der Waals surface area contributed by atoms with E-state index in [9.17, 15) is 4.79 Å². The monoisotopic (exact) mass is 327 g/mol. The molecular weight excluding hydrogens is 306 g/mol. The second-order valence-corrected chi connectivity index (χ2v) is 8.14. The summed E-state index contributed by atoms with van der Waals surface area (Å²) in [4.78, 5) is 19.0. The van der Waals surface area contributed by atoms with E-state index in [1.54, 1.807) is 0 Å². The third-order valence-corrected chi connectivity index (χ3v) is 6.32. The van der Waals surface area contributed by atoms with Gasteiger partial charge in [-0.15, -0.1) is 11.3 Å². The Kier molecular flexibility index (Phi) is 3.13. The molecule has 0 bridgehead atoms. The molecule has 2 aromatic heterocycles. The van der Waals surface area contributed by atoms with E-state index < -0.39 is 0 Å². The molecule has 1 saturated heterocycles. The molecule has 2 atom stereocenters. The molecule has 4 heterocycles. The van der Waals surface area contributed by atoms with Gasteiger partial charge in [-0.1, -0.05) is 6.07 Å². The predicted molar refractivity (Wildman–Crippen MR) is 90.6 cm³/mol. The van der Waals surface area contributed by atoms with Crippen LogP contribution in [0.4, 0.5) is 0 Å². The summed E-state index contributed by atoms with van der Waals surface area (Å²) in [6, 6.07) is 9.09. The van der Waals surface area contributed by atoms with Crippen LogP contribution in [0, 0.1) is 5.92 Å². The number of hydrogen-bond acceptors (Lipinski definition) is 3. The molecule has 5 heteroatoms. The fourth-order valence-corrected chi connectivity index (χ4v) is 4.88. The lowest BCUT2D eigenvalue weighted by molar-refractivity contribution is 0.0565. The normalized spacial score (nSPS) is 27.3. The van der Waals surface area contributed by atoms with Gasteiger partial charge in [0.05, 0.1) is 12.1 Å². The van der Waals surface area contributed by atoms with Gasteiger partial charge >= 0.3 is 0 Å². The highest BCUT2D eigenvalue weighted by atomic mass is 32.1. The van der Waals surface area contributed by atoms with E-state index in [0.717, 1.165) is 37.8 Å². The minimum Gasteiger partial charge on any atom is -0.337 e. The van der Waals surface area contributed by atoms with Gasteiger partial charge in [0.25, 0.3) is 5.91 Å². The summed E-state index contributed by atoms with van der Waals surface area (Å²) in [5, 5.41) is 2.14. The Morgan fingerprint density at radius 1 is 1.13 bits per heavy atom. The van der Waals surface area contributed by atoms with Gasteiger partial charge in [-0.2, -0.15) is 0 Å². The number of hydrogen-bond donors (Lipinski definition) is 0. The molecule has 3 aliphatic rings. The maximum absolute atomic E-state index is 12.9. The van der Waals surface area contributed by atoms with Crippen molar-refractivity contribution in [3.05, 3.63) is 46.4 Å². The van der Waals surface area contributed by atoms with Crippen LogP contribution in [-0.2, 0) is 6.54 Å². The van der Waals surface area contributed by atoms with Gasteiger partial charge in [-0.05, 0) is 42.3 Å². The van der Waals surface area contributed by atoms with Crippen LogP contribution in [0.15, 0.2) is 35.8 Å². The molecule has 4 nitrogen and oxygen atoms in total. The summed E-state index contributed by atoms with van der Waals surface area (Å²) in [6.45, 7) is 4.00. The average Bonchev–Trinajstić information content (AvgIpc) is 2.99. The van der Waals surface area contributed by atoms with Gasteiger partial charge in [0.1, 0.15) is 5.69 Å². The fourth-order valence-electron chi connectivity index (χ4n) is 4.14. The summed E-state index contributed by atoms with van der Waals surface area (Å²) >= 11 is 1.82. The first kappa shape index (κ1) is 13.8. The van der Waals surface area contributed by atoms with Crippen molar-refractivity contribution < 1.29 is 4.79 Å². The summed E-state index contributed by atoms with van der Waals surface area (Å²) in [5.41, 5.74) is 0.880. The van der Waals surface area contributed by atoms with Crippen LogP contribution in [0.2, 0.25) is 0 Å². The highest BCUT2D eigenvalue weighted by Gasteiger charge is 2.46. The second-order valence-electron chi connectivity index (χ2n) is 7.11. The summed E-state index contributed by atoms with van der Waals surface area (Å²) in [5.74, 6) is 0.980. The molecule has 1 aliphatic carbocycles. The van der Waals surface area contributed by atoms with Gasteiger partial charge in [0.15, 0.2) is 0 Å². The summed E-state index contributed by atoms with van der Waals surface area (Å²) < 4.78 is 2.23. The average molecular weight is 327 g/mol. The standard InChI is InChI=1S/C18H21N3OS/c22-18-15-4-1-7-20(15)16-11-19(10-14-3-2-8-23-14)12-17(16)21(18)9-13-5-6-13/h1-4,7-8,13,16-17H,5-6,9-12H2/t16-,17+/m1/s1. The van der Waals surface area contributed by atoms with Crippen molar-refractivity contribution in [1.29, 1.82) is 0 Å². The van der Waals surface area contributed by atoms with Crippen molar-refractivity contribution in [2.45, 2.75) is 31.5 Å². The van der Waals surface area contributed by atoms with E-state index in [0.29, 0.717) is 12.1 Å². The van der Waals surface area contributed by atoms with Gasteiger partial charge < -0.3 is 9.47 Å². The van der Waals surface area contributed by atoms with Crippen LogP contribution < -0.4 is 0 Å². The maximum atomic E-state index is 12.9. The molecule has 0 spiro atoms. The van der Waals surface area contributed by atoms with Gasteiger partial charge in [0.2, 0.25) is 0 Å². The summed E-state index contributed by atoms with van der Waals surface area (Å²) in [7, 11) is 0. The number of amides is 1. The molecule has 2 fully saturated rings. The first-order chi connectivity index (χ1) is 11.3. The zero-order chi connectivity index (χ0) is 15.4. The molecule has 2 aliphatic heterocycles. The first-order valence-electron chi connectivity index (χ1n) is 8.52. The van der Waals surface area contributed by atoms with Gasteiger partial charge in [-0.25, -0.2) is 0 Å². The number of carbonyl (C=O) groups is 1. The Morgan fingerprint density at radius 2 is 2.00 bits per heavy atom. The third-order valence-electron chi connectivity index (χ3n) is 5.46. The van der Waals surface area contributed by atoms with E-state index in [1.807, 2.05) is 23.5 Å². The number of aromatic nitrogens is 1. The molecule has 0 unspecified atom stereocenters. The minimum absolute atomic E-state index is 0.237. The van der Waals surface area contributed by atoms with Crippen LogP contribution in [0.25, 0.3) is 0 Å². The molecule has 23 heavy (non-hydrogen) atoms. The van der Waals surface area contributed by atoms with Crippen molar-refractivity contribution >= 4 is 17.2 Å². The molecule has 1 amide bonds. The SMILES string of the molecule is O=C1c2cccn2[C@@H]2CN(Cc3cccs3)C[C@@H]2N1CC1CC1. The molecule has 2 aromatic rings. The fraction of sp³-hybridized carbons (Fsp3) is 0.500. The smallest absolute Gasteiger partial charge is 0.270 e. The lowest BCUT2D eigenvalue weighted by Crippen LogP contribution is -2.51. The van der Waals surface area contributed by atoms with E-state index in [1.165, 1.54) is 17.7 Å². The number of nitrogens with zero attached hydrogens (tertiary/aromatic N) is 3. The Balaban J connectivity index is 1.43. The Bertz CT molecular complexity index is 718. The number of likely N-dealkylation sites (tertiary alicyclic amines) is 1. The Hall–Kier alpha value is -1.59. The largest absolute Gasteiger partial charge is 0.337 e. The third kappa shape index (κ3) is 2.34. The number of fused-ring (bicyclic) bond motifs is 3. The van der Waals surface area contributed by atoms with E-state index in [2.05, 4.69) is 38.1 Å². The molecule has 5 rings (SSSR count). The van der Waals surface area contributed by atoms with Crippen LogP contribution in [0.3, 0.4) is 0 Å². The molecule has 1 saturated carbocycles. The second kappa shape index (κ2) is 5.21. The first-order valence-corrected chi connectivity index (χ1v) is 9.40. The lowest BCUT2D eigenvalue weighted by Gasteiger charge is -2.38. The van der Waals surface area contributed by atoms with Crippen molar-refractivity contribution in [1.82, 2.24) is 14.4 Å². The number of rotatable bonds is 4. The molecular formula is C18H21N3OS. The van der Waals surface area contributed by atoms with E-state index in [-0.39, 0.29) is 5.91 Å². The quantitative estimate of drug-likeness (QED) is 0.864. The zero-order valence-corrected chi connectivity index (χ0v) is 13.9. The predicted octanol–water partition coefficient (Wildman–Crippen LogP) is 2.84. The Morgan fingerprint density at radius 3 is 2.78 bits per heavy atom. The molecule has 0 radical (unpaired) electrons. The van der Waals surface area contributed by atoms with Gasteiger partial charge in [-0.3, -0.25) is 9.69 Å². The van der Waals surface area contributed by atoms with Crippen molar-refractivity contribution in [3.63, 3.8) is 0 Å². The van der Waals surface area contributed by atoms with Gasteiger partial charge in [0, 0.05) is 37.3 Å².